The van der Waals surface area contributed by atoms with Crippen molar-refractivity contribution < 1.29 is 4.79 Å². The van der Waals surface area contributed by atoms with Crippen LogP contribution >= 0.6 is 23.2 Å². The van der Waals surface area contributed by atoms with Crippen LogP contribution in [0.4, 0.5) is 0 Å². The average Bonchev–Trinajstić information content (AvgIpc) is 3.06. The molecule has 0 aliphatic carbocycles. The normalized spacial score (nSPS) is 19.1. The van der Waals surface area contributed by atoms with Gasteiger partial charge < -0.3 is 16.0 Å². The fourth-order valence-corrected chi connectivity index (χ4v) is 3.91. The number of guanidine groups is 1. The Balaban J connectivity index is 1.79. The minimum atomic E-state index is -0.0702. The van der Waals surface area contributed by atoms with Gasteiger partial charge in [-0.3, -0.25) is 14.7 Å². The number of carbonyl (C=O) groups is 1. The Labute approximate surface area is 171 Å². The van der Waals surface area contributed by atoms with Crippen LogP contribution in [0.25, 0.3) is 0 Å². The van der Waals surface area contributed by atoms with Crippen LogP contribution in [0.15, 0.2) is 23.2 Å². The van der Waals surface area contributed by atoms with E-state index in [2.05, 4.69) is 15.2 Å². The maximum absolute atomic E-state index is 12.2. The van der Waals surface area contributed by atoms with Gasteiger partial charge in [-0.1, -0.05) is 29.3 Å². The molecule has 2 atom stereocenters. The third-order valence-corrected chi connectivity index (χ3v) is 5.33. The van der Waals surface area contributed by atoms with Gasteiger partial charge in [0.15, 0.2) is 5.96 Å². The third kappa shape index (κ3) is 6.26. The first-order valence-electron chi connectivity index (χ1n) is 9.26. The number of nitrogens with zero attached hydrogens (tertiary/aromatic N) is 3. The topological polar surface area (TPSA) is 74.0 Å². The van der Waals surface area contributed by atoms with E-state index in [0.29, 0.717) is 22.5 Å². The molecule has 2 rings (SSSR count). The van der Waals surface area contributed by atoms with Crippen molar-refractivity contribution in [3.05, 3.63) is 33.8 Å². The van der Waals surface area contributed by atoms with Crippen LogP contribution in [0.5, 0.6) is 0 Å². The molecular formula is C19H29Cl2N5O. The molecule has 1 aliphatic heterocycles. The molecule has 6 nitrogen and oxygen atoms in total. The van der Waals surface area contributed by atoms with E-state index in [1.807, 2.05) is 27.1 Å². The van der Waals surface area contributed by atoms with E-state index >= 15 is 0 Å². The van der Waals surface area contributed by atoms with Crippen LogP contribution < -0.4 is 11.1 Å². The lowest BCUT2D eigenvalue weighted by Crippen LogP contribution is -2.43. The van der Waals surface area contributed by atoms with E-state index in [4.69, 9.17) is 28.9 Å². The van der Waals surface area contributed by atoms with Gasteiger partial charge in [-0.05, 0) is 50.4 Å². The number of rotatable bonds is 7. The zero-order valence-corrected chi connectivity index (χ0v) is 17.7. The summed E-state index contributed by atoms with van der Waals surface area (Å²) in [5, 5.41) is 4.35. The second-order valence-corrected chi connectivity index (χ2v) is 7.92. The molecule has 3 N–H and O–H groups in total. The minimum absolute atomic E-state index is 0.00604. The highest BCUT2D eigenvalue weighted by atomic mass is 35.5. The number of nitrogens with two attached hydrogens (primary N) is 1. The lowest BCUT2D eigenvalue weighted by atomic mass is 10.1. The third-order valence-electron chi connectivity index (χ3n) is 4.77. The first-order chi connectivity index (χ1) is 12.8. The van der Waals surface area contributed by atoms with E-state index in [1.165, 1.54) is 0 Å². The van der Waals surface area contributed by atoms with E-state index in [9.17, 15) is 4.79 Å². The number of hydrogen-bond acceptors (Lipinski definition) is 3. The fraction of sp³-hybridized carbons (Fsp3) is 0.579. The Hall–Kier alpha value is -1.50. The zero-order valence-electron chi connectivity index (χ0n) is 16.2. The van der Waals surface area contributed by atoms with Crippen LogP contribution in [0.2, 0.25) is 10.0 Å². The van der Waals surface area contributed by atoms with E-state index in [-0.39, 0.29) is 18.0 Å². The number of benzene rings is 1. The Morgan fingerprint density at radius 1 is 1.44 bits per heavy atom. The monoisotopic (exact) mass is 413 g/mol. The SMILES string of the molecule is CC(NC(N)=NCCCN1CCCC1C(=O)N(C)C)c1ccc(Cl)cc1Cl. The summed E-state index contributed by atoms with van der Waals surface area (Å²) in [5.74, 6) is 0.571. The maximum atomic E-state index is 12.2. The molecule has 150 valence electrons. The quantitative estimate of drug-likeness (QED) is 0.409. The summed E-state index contributed by atoms with van der Waals surface area (Å²) in [7, 11) is 3.62. The molecule has 8 heteroatoms. The molecular weight excluding hydrogens is 385 g/mol. The largest absolute Gasteiger partial charge is 0.370 e. The molecule has 1 aromatic carbocycles. The number of carbonyl (C=O) groups excluding carboxylic acids is 1. The van der Waals surface area contributed by atoms with Crippen molar-refractivity contribution in [2.45, 2.75) is 38.3 Å². The molecule has 0 bridgehead atoms. The van der Waals surface area contributed by atoms with Gasteiger partial charge in [0.05, 0.1) is 12.1 Å². The maximum Gasteiger partial charge on any atom is 0.239 e. The predicted octanol–water partition coefficient (Wildman–Crippen LogP) is 2.90. The van der Waals surface area contributed by atoms with Gasteiger partial charge in [0, 0.05) is 37.2 Å². The summed E-state index contributed by atoms with van der Waals surface area (Å²) in [6.45, 7) is 4.39. The molecule has 2 unspecified atom stereocenters. The first kappa shape index (κ1) is 21.8. The molecule has 27 heavy (non-hydrogen) atoms. The number of nitrogens with one attached hydrogen (secondary N) is 1. The highest BCUT2D eigenvalue weighted by molar-refractivity contribution is 6.35. The van der Waals surface area contributed by atoms with Crippen LogP contribution in [-0.2, 0) is 4.79 Å². The van der Waals surface area contributed by atoms with Crippen LogP contribution in [0.3, 0.4) is 0 Å². The van der Waals surface area contributed by atoms with Crippen molar-refractivity contribution in [1.82, 2.24) is 15.1 Å². The summed E-state index contributed by atoms with van der Waals surface area (Å²) >= 11 is 12.2. The lowest BCUT2D eigenvalue weighted by molar-refractivity contribution is -0.133. The smallest absolute Gasteiger partial charge is 0.239 e. The van der Waals surface area contributed by atoms with Crippen LogP contribution in [0.1, 0.15) is 37.8 Å². The Bertz CT molecular complexity index is 680. The summed E-state index contributed by atoms with van der Waals surface area (Å²) in [6, 6.07) is 5.33. The van der Waals surface area contributed by atoms with Crippen molar-refractivity contribution >= 4 is 35.1 Å². The second-order valence-electron chi connectivity index (χ2n) is 7.08. The van der Waals surface area contributed by atoms with E-state index in [0.717, 1.165) is 37.9 Å². The zero-order chi connectivity index (χ0) is 20.0. The summed E-state index contributed by atoms with van der Waals surface area (Å²) in [6.07, 6.45) is 2.86. The highest BCUT2D eigenvalue weighted by Gasteiger charge is 2.30. The number of aliphatic imine (C=N–C) groups is 1. The van der Waals surface area contributed by atoms with Crippen LogP contribution in [-0.4, -0.2) is 61.4 Å². The molecule has 0 saturated carbocycles. The molecule has 1 amide bonds. The lowest BCUT2D eigenvalue weighted by Gasteiger charge is -2.25. The highest BCUT2D eigenvalue weighted by Crippen LogP contribution is 2.26. The number of likely N-dealkylation sites (N-methyl/N-ethyl adjacent to an activating group) is 1. The molecule has 1 aromatic rings. The van der Waals surface area contributed by atoms with Gasteiger partial charge in [0.2, 0.25) is 5.91 Å². The number of likely N-dealkylation sites (tertiary alicyclic amines) is 1. The Kier molecular flexibility index (Phi) is 8.20. The van der Waals surface area contributed by atoms with Gasteiger partial charge in [-0.25, -0.2) is 0 Å². The number of halogens is 2. The van der Waals surface area contributed by atoms with Gasteiger partial charge in [-0.2, -0.15) is 0 Å². The number of amides is 1. The predicted molar refractivity (Wildman–Crippen MR) is 112 cm³/mol. The molecule has 0 radical (unpaired) electrons. The molecule has 1 fully saturated rings. The van der Waals surface area contributed by atoms with Crippen molar-refractivity contribution in [3.63, 3.8) is 0 Å². The Morgan fingerprint density at radius 2 is 2.19 bits per heavy atom. The van der Waals surface area contributed by atoms with Crippen LogP contribution in [0, 0.1) is 0 Å². The first-order valence-corrected chi connectivity index (χ1v) is 10.0. The summed E-state index contributed by atoms with van der Waals surface area (Å²) in [4.78, 5) is 20.5. The molecule has 1 heterocycles. The van der Waals surface area contributed by atoms with Gasteiger partial charge in [0.25, 0.3) is 0 Å². The average molecular weight is 414 g/mol. The van der Waals surface area contributed by atoms with E-state index < -0.39 is 0 Å². The Morgan fingerprint density at radius 3 is 2.85 bits per heavy atom. The molecule has 0 spiro atoms. The standard InChI is InChI=1S/C19H29Cl2N5O/c1-13(15-8-7-14(20)12-16(15)21)24-19(22)23-9-5-11-26-10-4-6-17(26)18(27)25(2)3/h7-8,12-13,17H,4-6,9-11H2,1-3H3,(H3,22,23,24). The van der Waals surface area contributed by atoms with Crippen molar-refractivity contribution in [3.8, 4) is 0 Å². The van der Waals surface area contributed by atoms with Crippen molar-refractivity contribution in [2.75, 3.05) is 33.7 Å². The second kappa shape index (κ2) is 10.2. The molecule has 1 aliphatic rings. The van der Waals surface area contributed by atoms with E-state index in [1.54, 1.807) is 17.0 Å². The number of hydrogen-bond donors (Lipinski definition) is 2. The summed E-state index contributed by atoms with van der Waals surface area (Å²) < 4.78 is 0. The van der Waals surface area contributed by atoms with Gasteiger partial charge >= 0.3 is 0 Å². The van der Waals surface area contributed by atoms with Gasteiger partial charge in [0.1, 0.15) is 0 Å². The molecule has 0 aromatic heterocycles. The molecule has 1 saturated heterocycles. The fourth-order valence-electron chi connectivity index (χ4n) is 3.34. The van der Waals surface area contributed by atoms with Gasteiger partial charge in [-0.15, -0.1) is 0 Å². The van der Waals surface area contributed by atoms with Crippen molar-refractivity contribution in [1.29, 1.82) is 0 Å². The van der Waals surface area contributed by atoms with Crippen molar-refractivity contribution in [2.24, 2.45) is 10.7 Å². The minimum Gasteiger partial charge on any atom is -0.370 e. The summed E-state index contributed by atoms with van der Waals surface area (Å²) in [5.41, 5.74) is 6.91.